The topological polar surface area (TPSA) is 49.8 Å². The predicted octanol–water partition coefficient (Wildman–Crippen LogP) is 8.97. The highest BCUT2D eigenvalue weighted by molar-refractivity contribution is 6.74. The molecule has 3 aliphatic rings. The van der Waals surface area contributed by atoms with Crippen LogP contribution in [-0.2, 0) is 36.8 Å². The fourth-order valence-corrected chi connectivity index (χ4v) is 7.87. The third-order valence-corrected chi connectivity index (χ3v) is 14.5. The number of hydrogen-bond acceptors (Lipinski definition) is 5. The highest BCUT2D eigenvalue weighted by atomic mass is 28.4. The van der Waals surface area contributed by atoms with Crippen LogP contribution in [0.25, 0.3) is 0 Å². The Kier molecular flexibility index (Phi) is 8.05. The van der Waals surface area contributed by atoms with Crippen molar-refractivity contribution in [2.75, 3.05) is 20.3 Å². The summed E-state index contributed by atoms with van der Waals surface area (Å²) in [5.74, 6) is 0. The molecule has 3 atom stereocenters. The summed E-state index contributed by atoms with van der Waals surface area (Å²) in [5.41, 5.74) is 4.31. The van der Waals surface area contributed by atoms with Crippen molar-refractivity contribution < 1.29 is 31.8 Å². The Labute approximate surface area is 249 Å². The van der Waals surface area contributed by atoms with E-state index in [4.69, 9.17) is 23.6 Å². The van der Waals surface area contributed by atoms with Gasteiger partial charge in [0.2, 0.25) is 0 Å². The van der Waals surface area contributed by atoms with Crippen LogP contribution >= 0.6 is 0 Å². The molecule has 0 amide bonds. The van der Waals surface area contributed by atoms with Gasteiger partial charge in [-0.05, 0) is 66.6 Å². The van der Waals surface area contributed by atoms with Crippen LogP contribution in [0.1, 0.15) is 118 Å². The standard InChI is InChI=1S/C33H46F3NO4Si/c1-20(38-7)28-26-27(25-23(37-28)18-31(5,6)19-24(25)41-42(8,9)30(2,3)4)32(14-16-39-17-15-32)40-29(26)21-10-12-22(13-11-21)33(34,35)36/h10-13,20,24,29H,14-19H2,1-9H3/t20?,24-,29+/m0/s1. The average Bonchev–Trinajstić information content (AvgIpc) is 3.20. The van der Waals surface area contributed by atoms with Crippen LogP contribution in [0.5, 0.6) is 0 Å². The molecule has 5 rings (SSSR count). The Balaban J connectivity index is 1.78. The van der Waals surface area contributed by atoms with Crippen LogP contribution in [0.3, 0.4) is 0 Å². The minimum Gasteiger partial charge on any atom is -0.410 e. The van der Waals surface area contributed by atoms with Gasteiger partial charge < -0.3 is 18.6 Å². The zero-order chi connectivity index (χ0) is 30.9. The van der Waals surface area contributed by atoms with Crippen LogP contribution in [0.2, 0.25) is 18.1 Å². The number of pyridine rings is 1. The van der Waals surface area contributed by atoms with Crippen molar-refractivity contribution in [3.8, 4) is 0 Å². The second-order valence-electron chi connectivity index (χ2n) is 14.7. The lowest BCUT2D eigenvalue weighted by molar-refractivity contribution is -0.137. The molecule has 1 aromatic heterocycles. The monoisotopic (exact) mass is 605 g/mol. The molecular formula is C33H46F3NO4Si. The summed E-state index contributed by atoms with van der Waals surface area (Å²) in [7, 11) is -0.524. The van der Waals surface area contributed by atoms with E-state index in [0.29, 0.717) is 31.6 Å². The second kappa shape index (κ2) is 10.7. The molecule has 1 saturated heterocycles. The van der Waals surface area contributed by atoms with Crippen molar-refractivity contribution in [2.45, 2.75) is 115 Å². The van der Waals surface area contributed by atoms with Gasteiger partial charge in [-0.1, -0.05) is 46.8 Å². The van der Waals surface area contributed by atoms with Gasteiger partial charge in [-0.15, -0.1) is 0 Å². The van der Waals surface area contributed by atoms with Crippen LogP contribution in [0.15, 0.2) is 24.3 Å². The Bertz CT molecular complexity index is 1310. The summed E-state index contributed by atoms with van der Waals surface area (Å²) in [6, 6.07) is 5.38. The Morgan fingerprint density at radius 3 is 2.19 bits per heavy atom. The predicted molar refractivity (Wildman–Crippen MR) is 159 cm³/mol. The van der Waals surface area contributed by atoms with Crippen molar-refractivity contribution in [3.63, 3.8) is 0 Å². The molecule has 1 fully saturated rings. The normalized spacial score (nSPS) is 24.4. The summed E-state index contributed by atoms with van der Waals surface area (Å²) in [5, 5.41) is 0.0193. The van der Waals surface area contributed by atoms with E-state index in [2.05, 4.69) is 47.7 Å². The van der Waals surface area contributed by atoms with E-state index >= 15 is 0 Å². The summed E-state index contributed by atoms with van der Waals surface area (Å²) >= 11 is 0. The van der Waals surface area contributed by atoms with E-state index in [1.54, 1.807) is 19.2 Å². The van der Waals surface area contributed by atoms with Gasteiger partial charge in [-0.25, -0.2) is 0 Å². The van der Waals surface area contributed by atoms with Crippen LogP contribution in [0.4, 0.5) is 13.2 Å². The van der Waals surface area contributed by atoms with E-state index in [1.165, 1.54) is 0 Å². The third-order valence-electron chi connectivity index (χ3n) is 9.97. The number of fused-ring (bicyclic) bond motifs is 4. The van der Waals surface area contributed by atoms with E-state index in [9.17, 15) is 13.2 Å². The number of halogens is 3. The number of hydrogen-bond donors (Lipinski definition) is 0. The number of aromatic nitrogens is 1. The maximum atomic E-state index is 13.5. The first-order valence-corrected chi connectivity index (χ1v) is 18.0. The first-order chi connectivity index (χ1) is 19.4. The molecule has 232 valence electrons. The molecule has 0 saturated carbocycles. The Morgan fingerprint density at radius 1 is 1.02 bits per heavy atom. The van der Waals surface area contributed by atoms with Gasteiger partial charge >= 0.3 is 6.18 Å². The van der Waals surface area contributed by atoms with Gasteiger partial charge in [-0.3, -0.25) is 4.98 Å². The van der Waals surface area contributed by atoms with Gasteiger partial charge in [0.25, 0.3) is 0 Å². The Morgan fingerprint density at radius 2 is 1.64 bits per heavy atom. The maximum absolute atomic E-state index is 13.5. The molecule has 1 spiro atoms. The van der Waals surface area contributed by atoms with E-state index in [-0.39, 0.29) is 22.7 Å². The lowest BCUT2D eigenvalue weighted by atomic mass is 9.70. The molecule has 0 bridgehead atoms. The Hall–Kier alpha value is -1.78. The molecule has 1 aliphatic carbocycles. The van der Waals surface area contributed by atoms with Gasteiger partial charge in [0.05, 0.1) is 29.1 Å². The lowest BCUT2D eigenvalue weighted by Gasteiger charge is -2.46. The van der Waals surface area contributed by atoms with Crippen molar-refractivity contribution >= 4 is 8.32 Å². The van der Waals surface area contributed by atoms with Crippen LogP contribution in [-0.4, -0.2) is 33.6 Å². The molecule has 2 aromatic rings. The van der Waals surface area contributed by atoms with Gasteiger partial charge in [0.1, 0.15) is 6.10 Å². The summed E-state index contributed by atoms with van der Waals surface area (Å²) < 4.78 is 66.4. The quantitative estimate of drug-likeness (QED) is 0.319. The first kappa shape index (κ1) is 31.6. The minimum atomic E-state index is -4.41. The molecule has 1 aromatic carbocycles. The molecular weight excluding hydrogens is 559 g/mol. The largest absolute Gasteiger partial charge is 0.416 e. The van der Waals surface area contributed by atoms with Crippen molar-refractivity contribution in [3.05, 3.63) is 63.5 Å². The minimum absolute atomic E-state index is 0.0193. The summed E-state index contributed by atoms with van der Waals surface area (Å²) in [6.45, 7) is 19.0. The fraction of sp³-hybridized carbons (Fsp3) is 0.667. The number of ether oxygens (including phenoxy) is 3. The molecule has 3 heterocycles. The zero-order valence-electron chi connectivity index (χ0n) is 26.5. The molecule has 2 aliphatic heterocycles. The number of alkyl halides is 3. The highest BCUT2D eigenvalue weighted by Crippen LogP contribution is 2.59. The van der Waals surface area contributed by atoms with Gasteiger partial charge in [0.15, 0.2) is 8.32 Å². The summed E-state index contributed by atoms with van der Waals surface area (Å²) in [6.07, 6.45) is -2.50. The average molecular weight is 606 g/mol. The second-order valence-corrected chi connectivity index (χ2v) is 19.4. The molecule has 0 radical (unpaired) electrons. The number of rotatable bonds is 5. The van der Waals surface area contributed by atoms with Crippen LogP contribution in [0, 0.1) is 5.41 Å². The van der Waals surface area contributed by atoms with Crippen molar-refractivity contribution in [2.24, 2.45) is 5.41 Å². The number of methoxy groups -OCH3 is 1. The third kappa shape index (κ3) is 5.60. The molecule has 1 unspecified atom stereocenters. The highest BCUT2D eigenvalue weighted by Gasteiger charge is 2.54. The molecule has 0 N–H and O–H groups in total. The van der Waals surface area contributed by atoms with Gasteiger partial charge in [-0.2, -0.15) is 13.2 Å². The van der Waals surface area contributed by atoms with Crippen molar-refractivity contribution in [1.82, 2.24) is 4.98 Å². The van der Waals surface area contributed by atoms with Gasteiger partial charge in [0, 0.05) is 50.0 Å². The molecule has 5 nitrogen and oxygen atoms in total. The number of benzene rings is 1. The van der Waals surface area contributed by atoms with E-state index < -0.39 is 31.8 Å². The maximum Gasteiger partial charge on any atom is 0.416 e. The van der Waals surface area contributed by atoms with E-state index in [1.807, 2.05) is 6.92 Å². The van der Waals surface area contributed by atoms with Crippen molar-refractivity contribution in [1.29, 1.82) is 0 Å². The molecule has 42 heavy (non-hydrogen) atoms. The smallest absolute Gasteiger partial charge is 0.410 e. The zero-order valence-corrected chi connectivity index (χ0v) is 27.5. The molecule has 9 heteroatoms. The lowest BCUT2D eigenvalue weighted by Crippen LogP contribution is -2.45. The summed E-state index contributed by atoms with van der Waals surface area (Å²) in [4.78, 5) is 5.32. The van der Waals surface area contributed by atoms with Crippen LogP contribution < -0.4 is 0 Å². The van der Waals surface area contributed by atoms with E-state index in [0.717, 1.165) is 53.1 Å². The number of nitrogens with zero attached hydrogens (tertiary/aromatic N) is 1. The SMILES string of the molecule is COC(C)c1nc2c(c3c1[C@@H](c1ccc(C(F)(F)F)cc1)OC31CCOCC1)[C@@H](O[Si](C)(C)C(C)(C)C)CC(C)(C)C2. The fourth-order valence-electron chi connectivity index (χ4n) is 6.60. The first-order valence-electron chi connectivity index (χ1n) is 15.1.